The molecule has 4 aromatic rings. The molecule has 1 aliphatic rings. The molecule has 0 spiro atoms. The summed E-state index contributed by atoms with van der Waals surface area (Å²) in [6.45, 7) is 5.96. The zero-order valence-corrected chi connectivity index (χ0v) is 21.1. The van der Waals surface area contributed by atoms with E-state index in [4.69, 9.17) is 0 Å². The number of nitrogens with zero attached hydrogens (tertiary/aromatic N) is 3. The monoisotopic (exact) mass is 500 g/mol. The Hall–Kier alpha value is -3.95. The van der Waals surface area contributed by atoms with Crippen molar-refractivity contribution in [2.24, 2.45) is 0 Å². The van der Waals surface area contributed by atoms with Crippen molar-refractivity contribution >= 4 is 40.0 Å². The summed E-state index contributed by atoms with van der Waals surface area (Å²) in [6.07, 6.45) is 1.53. The molecule has 1 aliphatic heterocycles. The maximum absolute atomic E-state index is 13.2. The van der Waals surface area contributed by atoms with Crippen LogP contribution in [0.25, 0.3) is 11.3 Å². The largest absolute Gasteiger partial charge is 0.369 e. The third-order valence-corrected chi connectivity index (χ3v) is 7.01. The van der Waals surface area contributed by atoms with Gasteiger partial charge in [0.1, 0.15) is 5.56 Å². The van der Waals surface area contributed by atoms with Crippen LogP contribution in [0.15, 0.2) is 71.0 Å². The number of likely N-dealkylation sites (N-methyl/N-ethyl adjacent to an activating group) is 1. The number of aromatic amines is 1. The summed E-state index contributed by atoms with van der Waals surface area (Å²) >= 11 is 1.59. The zero-order chi connectivity index (χ0) is 25.1. The van der Waals surface area contributed by atoms with E-state index in [1.165, 1.54) is 6.20 Å². The third-order valence-electron chi connectivity index (χ3n) is 6.24. The Morgan fingerprint density at radius 1 is 1.03 bits per heavy atom. The molecular formula is C27H28N6O2S. The van der Waals surface area contributed by atoms with Gasteiger partial charge >= 0.3 is 0 Å². The van der Waals surface area contributed by atoms with Gasteiger partial charge in [-0.1, -0.05) is 12.1 Å². The van der Waals surface area contributed by atoms with E-state index in [0.717, 1.165) is 53.8 Å². The van der Waals surface area contributed by atoms with Crippen molar-refractivity contribution in [2.75, 3.05) is 48.8 Å². The van der Waals surface area contributed by atoms with Crippen LogP contribution >= 0.6 is 11.3 Å². The number of pyridine rings is 1. The van der Waals surface area contributed by atoms with Gasteiger partial charge in [-0.25, -0.2) is 4.98 Å². The Kier molecular flexibility index (Phi) is 6.84. The molecule has 184 valence electrons. The zero-order valence-electron chi connectivity index (χ0n) is 20.2. The van der Waals surface area contributed by atoms with Gasteiger partial charge in [0.05, 0.1) is 16.4 Å². The number of hydrogen-bond acceptors (Lipinski definition) is 7. The second-order valence-electron chi connectivity index (χ2n) is 8.84. The number of rotatable bonds is 6. The second kappa shape index (κ2) is 10.3. The normalized spacial score (nSPS) is 14.0. The average Bonchev–Trinajstić information content (AvgIpc) is 3.32. The molecule has 0 bridgehead atoms. The lowest BCUT2D eigenvalue weighted by Gasteiger charge is -2.34. The predicted octanol–water partition coefficient (Wildman–Crippen LogP) is 4.55. The van der Waals surface area contributed by atoms with Crippen LogP contribution in [0.3, 0.4) is 0 Å². The van der Waals surface area contributed by atoms with Gasteiger partial charge in [-0.05, 0) is 56.4 Å². The minimum atomic E-state index is -0.474. The third kappa shape index (κ3) is 5.32. The molecule has 5 rings (SSSR count). The van der Waals surface area contributed by atoms with E-state index >= 15 is 0 Å². The maximum Gasteiger partial charge on any atom is 0.263 e. The Bertz CT molecular complexity index is 1420. The lowest BCUT2D eigenvalue weighted by molar-refractivity contribution is 0.102. The average molecular weight is 501 g/mol. The van der Waals surface area contributed by atoms with E-state index < -0.39 is 11.5 Å². The van der Waals surface area contributed by atoms with Gasteiger partial charge in [0, 0.05) is 60.4 Å². The highest BCUT2D eigenvalue weighted by molar-refractivity contribution is 7.09. The molecule has 2 aromatic carbocycles. The predicted molar refractivity (Wildman–Crippen MR) is 147 cm³/mol. The Morgan fingerprint density at radius 2 is 1.81 bits per heavy atom. The Balaban J connectivity index is 1.33. The molecule has 9 heteroatoms. The number of aromatic nitrogens is 2. The smallest absolute Gasteiger partial charge is 0.263 e. The maximum atomic E-state index is 13.2. The Labute approximate surface area is 213 Å². The van der Waals surface area contributed by atoms with Gasteiger partial charge in [0.25, 0.3) is 11.5 Å². The van der Waals surface area contributed by atoms with Crippen LogP contribution in [0.5, 0.6) is 0 Å². The summed E-state index contributed by atoms with van der Waals surface area (Å²) in [5, 5.41) is 9.11. The highest BCUT2D eigenvalue weighted by atomic mass is 32.1. The van der Waals surface area contributed by atoms with Crippen LogP contribution in [-0.2, 0) is 0 Å². The van der Waals surface area contributed by atoms with Crippen molar-refractivity contribution in [1.82, 2.24) is 14.9 Å². The molecule has 0 unspecified atom stereocenters. The fraction of sp³-hybridized carbons (Fsp3) is 0.222. The molecule has 0 atom stereocenters. The first-order chi connectivity index (χ1) is 17.5. The second-order valence-corrected chi connectivity index (χ2v) is 9.91. The number of H-pyrrole nitrogens is 1. The number of carbonyl (C=O) groups excluding carboxylic acids is 1. The molecule has 1 fully saturated rings. The molecule has 0 radical (unpaired) electrons. The molecule has 2 aromatic heterocycles. The standard InChI is InChI=1S/C27H28N6O2S/c1-18-29-24(17-36-18)19-4-3-5-21(16-19)30-23-10-11-28-26(34)25(23)27(35)31-20-6-8-22(9-7-20)33-14-12-32(2)13-15-33/h3-11,16-17H,12-15H2,1-2H3,(H,31,35)(H2,28,30,34). The first-order valence-corrected chi connectivity index (χ1v) is 12.7. The number of amides is 1. The van der Waals surface area contributed by atoms with E-state index in [-0.39, 0.29) is 5.56 Å². The van der Waals surface area contributed by atoms with E-state index in [2.05, 4.69) is 37.4 Å². The number of benzene rings is 2. The molecule has 1 amide bonds. The number of nitrogens with one attached hydrogen (secondary N) is 3. The molecule has 8 nitrogen and oxygen atoms in total. The van der Waals surface area contributed by atoms with Crippen LogP contribution in [-0.4, -0.2) is 54.0 Å². The molecule has 0 aliphatic carbocycles. The van der Waals surface area contributed by atoms with Crippen LogP contribution in [0.2, 0.25) is 0 Å². The van der Waals surface area contributed by atoms with Gasteiger partial charge < -0.3 is 25.4 Å². The number of aryl methyl sites for hydroxylation is 1. The van der Waals surface area contributed by atoms with Gasteiger partial charge in [0.15, 0.2) is 0 Å². The molecule has 3 N–H and O–H groups in total. The van der Waals surface area contributed by atoms with E-state index in [0.29, 0.717) is 11.4 Å². The van der Waals surface area contributed by atoms with E-state index in [1.54, 1.807) is 17.4 Å². The highest BCUT2D eigenvalue weighted by Crippen LogP contribution is 2.27. The molecule has 36 heavy (non-hydrogen) atoms. The van der Waals surface area contributed by atoms with Crippen molar-refractivity contribution in [2.45, 2.75) is 6.92 Å². The van der Waals surface area contributed by atoms with Crippen LogP contribution < -0.4 is 21.1 Å². The molecule has 0 saturated carbocycles. The minimum absolute atomic E-state index is 0.0237. The summed E-state index contributed by atoms with van der Waals surface area (Å²) in [7, 11) is 2.13. The summed E-state index contributed by atoms with van der Waals surface area (Å²) in [5.41, 5.74) is 4.36. The number of piperazine rings is 1. The lowest BCUT2D eigenvalue weighted by Crippen LogP contribution is -2.44. The number of anilines is 4. The van der Waals surface area contributed by atoms with E-state index in [1.807, 2.05) is 60.8 Å². The number of thiazole rings is 1. The first-order valence-electron chi connectivity index (χ1n) is 11.8. The summed E-state index contributed by atoms with van der Waals surface area (Å²) < 4.78 is 0. The molecule has 3 heterocycles. The van der Waals surface area contributed by atoms with Crippen LogP contribution in [0, 0.1) is 6.92 Å². The molecular weight excluding hydrogens is 472 g/mol. The fourth-order valence-electron chi connectivity index (χ4n) is 4.23. The van der Waals surface area contributed by atoms with Gasteiger partial charge in [-0.2, -0.15) is 0 Å². The van der Waals surface area contributed by atoms with Crippen molar-refractivity contribution < 1.29 is 4.79 Å². The van der Waals surface area contributed by atoms with Gasteiger partial charge in [-0.3, -0.25) is 9.59 Å². The number of carbonyl (C=O) groups is 1. The van der Waals surface area contributed by atoms with Crippen LogP contribution in [0.1, 0.15) is 15.4 Å². The van der Waals surface area contributed by atoms with E-state index in [9.17, 15) is 9.59 Å². The van der Waals surface area contributed by atoms with Gasteiger partial charge in [-0.15, -0.1) is 11.3 Å². The fourth-order valence-corrected chi connectivity index (χ4v) is 4.85. The summed E-state index contributed by atoms with van der Waals surface area (Å²) in [5.74, 6) is -0.474. The van der Waals surface area contributed by atoms with Crippen molar-refractivity contribution in [3.63, 3.8) is 0 Å². The topological polar surface area (TPSA) is 93.4 Å². The quantitative estimate of drug-likeness (QED) is 0.360. The highest BCUT2D eigenvalue weighted by Gasteiger charge is 2.18. The lowest BCUT2D eigenvalue weighted by atomic mass is 10.1. The molecule has 1 saturated heterocycles. The summed E-state index contributed by atoms with van der Waals surface area (Å²) in [4.78, 5) is 37.6. The Morgan fingerprint density at radius 3 is 2.53 bits per heavy atom. The number of hydrogen-bond donors (Lipinski definition) is 3. The van der Waals surface area contributed by atoms with Crippen molar-refractivity contribution in [3.05, 3.63) is 87.1 Å². The minimum Gasteiger partial charge on any atom is -0.369 e. The SMILES string of the molecule is Cc1nc(-c2cccc(Nc3cc[nH]c(=O)c3C(=O)Nc3ccc(N4CCN(C)CC4)cc3)c2)cs1. The summed E-state index contributed by atoms with van der Waals surface area (Å²) in [6, 6.07) is 17.2. The van der Waals surface area contributed by atoms with Gasteiger partial charge in [0.2, 0.25) is 0 Å². The first kappa shape index (κ1) is 23.8. The van der Waals surface area contributed by atoms with Crippen molar-refractivity contribution in [3.8, 4) is 11.3 Å². The van der Waals surface area contributed by atoms with Crippen molar-refractivity contribution in [1.29, 1.82) is 0 Å². The van der Waals surface area contributed by atoms with Crippen LogP contribution in [0.4, 0.5) is 22.7 Å².